The van der Waals surface area contributed by atoms with Gasteiger partial charge in [0.25, 0.3) is 0 Å². The largest absolute Gasteiger partial charge is 0.261 e. The topological polar surface area (TPSA) is 54.5 Å². The maximum atomic E-state index is 4.22. The van der Waals surface area contributed by atoms with Crippen LogP contribution in [0.25, 0.3) is 0 Å². The lowest BCUT2D eigenvalue weighted by Gasteiger charge is -1.95. The zero-order valence-corrected chi connectivity index (χ0v) is 7.14. The normalized spacial score (nSPS) is 10.2. The minimum absolute atomic E-state index is 0.882. The first-order valence-corrected chi connectivity index (χ1v) is 4.20. The van der Waals surface area contributed by atoms with Gasteiger partial charge in [-0.15, -0.1) is 0 Å². The van der Waals surface area contributed by atoms with Crippen LogP contribution in [0.1, 0.15) is 11.4 Å². The molecule has 1 N–H and O–H groups in total. The van der Waals surface area contributed by atoms with Crippen molar-refractivity contribution in [3.8, 4) is 0 Å². The molecule has 4 heteroatoms. The van der Waals surface area contributed by atoms with Gasteiger partial charge in [0.1, 0.15) is 0 Å². The summed E-state index contributed by atoms with van der Waals surface area (Å²) in [6.45, 7) is 0. The lowest BCUT2D eigenvalue weighted by Crippen LogP contribution is -1.93. The molecule has 0 unspecified atom stereocenters. The number of H-pyrrole nitrogens is 1. The molecule has 0 bridgehead atoms. The molecule has 0 aliphatic heterocycles. The van der Waals surface area contributed by atoms with Crippen LogP contribution in [0.5, 0.6) is 0 Å². The Balaban J connectivity index is 1.94. The van der Waals surface area contributed by atoms with Crippen molar-refractivity contribution in [3.63, 3.8) is 0 Å². The van der Waals surface area contributed by atoms with Gasteiger partial charge >= 0.3 is 0 Å². The molecule has 4 nitrogen and oxygen atoms in total. The van der Waals surface area contributed by atoms with E-state index < -0.39 is 0 Å². The molecule has 0 spiro atoms. The average molecular weight is 174 g/mol. The first-order valence-electron chi connectivity index (χ1n) is 4.20. The number of pyridine rings is 1. The molecule has 66 valence electrons. The Labute approximate surface area is 76.0 Å². The van der Waals surface area contributed by atoms with E-state index >= 15 is 0 Å². The first-order chi connectivity index (χ1) is 6.45. The molecule has 0 saturated carbocycles. The van der Waals surface area contributed by atoms with Gasteiger partial charge in [0.15, 0.2) is 0 Å². The summed E-state index contributed by atoms with van der Waals surface area (Å²) in [7, 11) is 0. The van der Waals surface area contributed by atoms with Crippen molar-refractivity contribution < 1.29 is 0 Å². The van der Waals surface area contributed by atoms with Gasteiger partial charge < -0.3 is 0 Å². The highest BCUT2D eigenvalue weighted by atomic mass is 15.3. The fourth-order valence-electron chi connectivity index (χ4n) is 1.15. The zero-order valence-electron chi connectivity index (χ0n) is 7.14. The quantitative estimate of drug-likeness (QED) is 0.754. The van der Waals surface area contributed by atoms with Crippen molar-refractivity contribution in [2.24, 2.45) is 0 Å². The Morgan fingerprint density at radius 2 is 2.08 bits per heavy atom. The molecule has 2 rings (SSSR count). The Morgan fingerprint density at radius 1 is 1.15 bits per heavy atom. The van der Waals surface area contributed by atoms with E-state index in [1.807, 2.05) is 18.2 Å². The van der Waals surface area contributed by atoms with E-state index in [1.165, 1.54) is 0 Å². The number of nitrogens with zero attached hydrogens (tertiary/aromatic N) is 3. The lowest BCUT2D eigenvalue weighted by atomic mass is 10.2. The van der Waals surface area contributed by atoms with Gasteiger partial charge in [0.2, 0.25) is 0 Å². The summed E-state index contributed by atoms with van der Waals surface area (Å²) in [5, 5.41) is 10.3. The molecule has 0 aliphatic carbocycles. The lowest BCUT2D eigenvalue weighted by molar-refractivity contribution is 0.853. The van der Waals surface area contributed by atoms with Crippen molar-refractivity contribution in [1.29, 1.82) is 0 Å². The van der Waals surface area contributed by atoms with Crippen LogP contribution in [0.2, 0.25) is 0 Å². The molecule has 0 amide bonds. The highest BCUT2D eigenvalue weighted by molar-refractivity contribution is 5.05. The SMILES string of the molecule is c1ccc(CCc2cn[nH]n2)nc1. The average Bonchev–Trinajstić information content (AvgIpc) is 2.69. The van der Waals surface area contributed by atoms with E-state index in [1.54, 1.807) is 12.4 Å². The Kier molecular flexibility index (Phi) is 2.31. The number of hydrogen-bond donors (Lipinski definition) is 1. The number of rotatable bonds is 3. The minimum Gasteiger partial charge on any atom is -0.261 e. The van der Waals surface area contributed by atoms with Gasteiger partial charge in [-0.3, -0.25) is 4.98 Å². The molecule has 0 fully saturated rings. The van der Waals surface area contributed by atoms with E-state index in [0.717, 1.165) is 24.2 Å². The van der Waals surface area contributed by atoms with E-state index in [0.29, 0.717) is 0 Å². The van der Waals surface area contributed by atoms with E-state index in [9.17, 15) is 0 Å². The van der Waals surface area contributed by atoms with Crippen molar-refractivity contribution in [2.45, 2.75) is 12.8 Å². The van der Waals surface area contributed by atoms with Crippen LogP contribution in [0.15, 0.2) is 30.6 Å². The predicted molar refractivity (Wildman–Crippen MR) is 48.0 cm³/mol. The van der Waals surface area contributed by atoms with Crippen LogP contribution >= 0.6 is 0 Å². The molecule has 13 heavy (non-hydrogen) atoms. The predicted octanol–water partition coefficient (Wildman–Crippen LogP) is 0.985. The highest BCUT2D eigenvalue weighted by Crippen LogP contribution is 1.99. The maximum Gasteiger partial charge on any atom is 0.0828 e. The van der Waals surface area contributed by atoms with Crippen LogP contribution in [0.4, 0.5) is 0 Å². The molecular formula is C9H10N4. The van der Waals surface area contributed by atoms with Gasteiger partial charge in [0.05, 0.1) is 11.9 Å². The number of nitrogens with one attached hydrogen (secondary N) is 1. The Morgan fingerprint density at radius 3 is 2.77 bits per heavy atom. The van der Waals surface area contributed by atoms with Gasteiger partial charge in [0, 0.05) is 11.9 Å². The smallest absolute Gasteiger partial charge is 0.0828 e. The summed E-state index contributed by atoms with van der Waals surface area (Å²) in [6, 6.07) is 5.92. The number of aromatic nitrogens is 4. The fraction of sp³-hybridized carbons (Fsp3) is 0.222. The standard InChI is InChI=1S/C9H10N4/c1-2-6-10-8(3-1)4-5-9-7-11-13-12-9/h1-3,6-7H,4-5H2,(H,11,12,13). The summed E-state index contributed by atoms with van der Waals surface area (Å²) in [5.41, 5.74) is 2.07. The van der Waals surface area contributed by atoms with Crippen molar-refractivity contribution in [2.75, 3.05) is 0 Å². The van der Waals surface area contributed by atoms with Gasteiger partial charge in [-0.05, 0) is 25.0 Å². The van der Waals surface area contributed by atoms with E-state index in [-0.39, 0.29) is 0 Å². The third-order valence-corrected chi connectivity index (χ3v) is 1.83. The van der Waals surface area contributed by atoms with Crippen molar-refractivity contribution in [3.05, 3.63) is 42.0 Å². The second-order valence-corrected chi connectivity index (χ2v) is 2.78. The molecule has 0 aromatic carbocycles. The summed E-state index contributed by atoms with van der Waals surface area (Å²) in [5.74, 6) is 0. The zero-order chi connectivity index (χ0) is 8.93. The maximum absolute atomic E-state index is 4.22. The fourth-order valence-corrected chi connectivity index (χ4v) is 1.15. The molecule has 0 atom stereocenters. The summed E-state index contributed by atoms with van der Waals surface area (Å²) >= 11 is 0. The molecule has 0 radical (unpaired) electrons. The van der Waals surface area contributed by atoms with E-state index in [2.05, 4.69) is 20.4 Å². The number of hydrogen-bond acceptors (Lipinski definition) is 3. The number of aryl methyl sites for hydroxylation is 2. The minimum atomic E-state index is 0.882. The van der Waals surface area contributed by atoms with Crippen LogP contribution in [-0.2, 0) is 12.8 Å². The second kappa shape index (κ2) is 3.80. The van der Waals surface area contributed by atoms with Crippen molar-refractivity contribution >= 4 is 0 Å². The molecule has 0 aliphatic rings. The number of aromatic amines is 1. The van der Waals surface area contributed by atoms with Crippen LogP contribution in [-0.4, -0.2) is 20.4 Å². The first kappa shape index (κ1) is 7.91. The van der Waals surface area contributed by atoms with E-state index in [4.69, 9.17) is 0 Å². The monoisotopic (exact) mass is 174 g/mol. The van der Waals surface area contributed by atoms with Crippen LogP contribution < -0.4 is 0 Å². The van der Waals surface area contributed by atoms with Crippen molar-refractivity contribution in [1.82, 2.24) is 20.4 Å². The summed E-state index contributed by atoms with van der Waals surface area (Å²) in [6.07, 6.45) is 5.34. The Bertz CT molecular complexity index is 341. The van der Waals surface area contributed by atoms with Crippen LogP contribution in [0.3, 0.4) is 0 Å². The summed E-state index contributed by atoms with van der Waals surface area (Å²) in [4.78, 5) is 4.22. The highest BCUT2D eigenvalue weighted by Gasteiger charge is 1.97. The van der Waals surface area contributed by atoms with Gasteiger partial charge in [-0.2, -0.15) is 15.4 Å². The Hall–Kier alpha value is -1.71. The molecule has 2 aromatic rings. The molecule has 2 heterocycles. The summed E-state index contributed by atoms with van der Waals surface area (Å²) < 4.78 is 0. The third kappa shape index (κ3) is 2.11. The third-order valence-electron chi connectivity index (χ3n) is 1.83. The van der Waals surface area contributed by atoms with Gasteiger partial charge in [-0.25, -0.2) is 0 Å². The molecule has 2 aromatic heterocycles. The van der Waals surface area contributed by atoms with Gasteiger partial charge in [-0.1, -0.05) is 6.07 Å². The second-order valence-electron chi connectivity index (χ2n) is 2.78. The molecular weight excluding hydrogens is 164 g/mol. The van der Waals surface area contributed by atoms with Crippen LogP contribution in [0, 0.1) is 0 Å². The molecule has 0 saturated heterocycles.